The molecule has 326 valence electrons. The molecule has 0 saturated carbocycles. The Bertz CT molecular complexity index is 2230. The summed E-state index contributed by atoms with van der Waals surface area (Å²) in [6.45, 7) is 20.3. The van der Waals surface area contributed by atoms with Crippen molar-refractivity contribution in [2.45, 2.75) is 39.8 Å². The van der Waals surface area contributed by atoms with Crippen LogP contribution in [-0.4, -0.2) is 64.4 Å². The summed E-state index contributed by atoms with van der Waals surface area (Å²) in [5.41, 5.74) is 3.29. The Hall–Kier alpha value is -7.10. The molecule has 0 radical (unpaired) electrons. The summed E-state index contributed by atoms with van der Waals surface area (Å²) in [4.78, 5) is 69.2. The van der Waals surface area contributed by atoms with Crippen molar-refractivity contribution >= 4 is 35.9 Å². The van der Waals surface area contributed by atoms with Gasteiger partial charge >= 0.3 is 23.9 Å². The largest absolute Gasteiger partial charge is 0.423 e. The Kier molecular flexibility index (Phi) is 20.5. The normalized spacial score (nSPS) is 10.3. The van der Waals surface area contributed by atoms with Crippen LogP contribution in [0.15, 0.2) is 146 Å². The molecule has 4 rings (SSSR count). The van der Waals surface area contributed by atoms with Crippen molar-refractivity contribution < 1.29 is 66.7 Å². The molecule has 14 nitrogen and oxygen atoms in total. The maximum atomic E-state index is 13.3. The highest BCUT2D eigenvalue weighted by Gasteiger charge is 2.41. The molecule has 0 atom stereocenters. The monoisotopic (exact) mass is 850 g/mol. The molecule has 0 saturated heterocycles. The van der Waals surface area contributed by atoms with Gasteiger partial charge in [-0.3, -0.25) is 9.59 Å². The van der Waals surface area contributed by atoms with E-state index in [9.17, 15) is 28.8 Å². The van der Waals surface area contributed by atoms with Gasteiger partial charge in [0, 0.05) is 73.0 Å². The number of hydrogen-bond donors (Lipinski definition) is 0. The van der Waals surface area contributed by atoms with E-state index in [0.29, 0.717) is 33.8 Å². The molecule has 4 aromatic rings. The number of carbonyl (C=O) groups is 6. The van der Waals surface area contributed by atoms with Crippen LogP contribution in [-0.2, 0) is 43.9 Å². The third kappa shape index (κ3) is 15.2. The third-order valence-corrected chi connectivity index (χ3v) is 8.06. The number of hydrogen-bond acceptors (Lipinski definition) is 14. The number of ether oxygens (including phenoxy) is 8. The zero-order valence-electron chi connectivity index (χ0n) is 35.9. The highest BCUT2D eigenvalue weighted by molar-refractivity contribution is 6.02. The molecule has 14 heteroatoms. The maximum absolute atomic E-state index is 13.3. The Morgan fingerprint density at radius 3 is 1.08 bits per heavy atom. The van der Waals surface area contributed by atoms with Crippen molar-refractivity contribution in [3.63, 3.8) is 0 Å². The molecule has 0 fully saturated rings. The lowest BCUT2D eigenvalue weighted by atomic mass is 9.95. The van der Waals surface area contributed by atoms with E-state index < -0.39 is 41.7 Å². The van der Waals surface area contributed by atoms with Gasteiger partial charge in [0.05, 0.1) is 0 Å². The van der Waals surface area contributed by atoms with Crippen LogP contribution in [0.1, 0.15) is 65.8 Å². The molecule has 0 aromatic heterocycles. The number of benzene rings is 4. The van der Waals surface area contributed by atoms with E-state index in [1.807, 2.05) is 0 Å². The van der Waals surface area contributed by atoms with Gasteiger partial charge in [0.15, 0.2) is 6.29 Å². The van der Waals surface area contributed by atoms with E-state index >= 15 is 0 Å². The summed E-state index contributed by atoms with van der Waals surface area (Å²) < 4.78 is 41.4. The van der Waals surface area contributed by atoms with E-state index in [0.717, 1.165) is 11.8 Å². The predicted molar refractivity (Wildman–Crippen MR) is 230 cm³/mol. The Labute approximate surface area is 360 Å². The van der Waals surface area contributed by atoms with Gasteiger partial charge in [-0.25, -0.2) is 19.2 Å². The first-order chi connectivity index (χ1) is 29.3. The van der Waals surface area contributed by atoms with Crippen LogP contribution in [0.2, 0.25) is 0 Å². The fourth-order valence-corrected chi connectivity index (χ4v) is 4.69. The van der Waals surface area contributed by atoms with E-state index in [1.165, 1.54) is 57.5 Å². The van der Waals surface area contributed by atoms with Crippen molar-refractivity contribution in [3.05, 3.63) is 168 Å². The first-order valence-corrected chi connectivity index (χ1v) is 18.4. The number of Topliss-reactive ketones (excluding diaryl/α,β-unsaturated/α-hetero) is 1. The summed E-state index contributed by atoms with van der Waals surface area (Å²) in [5.74, 6) is -2.79. The summed E-state index contributed by atoms with van der Waals surface area (Å²) in [6.07, 6.45) is 0.311. The molecule has 0 aliphatic heterocycles. The van der Waals surface area contributed by atoms with Crippen LogP contribution < -0.4 is 18.9 Å². The first kappa shape index (κ1) is 51.0. The SMILES string of the molecule is C=C(C)C(=O)Oc1ccc(C(=O)C(OC)(OC)c2ccc(OC(=O)C(=C)C)cc2)cc1.C=C(C)C(=O)Oc1ccc(C(OC)OC)cc1.C=C(C)C(=O)Oc1ccc(C=O)cc1. The Balaban J connectivity index is 0.000000357. The van der Waals surface area contributed by atoms with Gasteiger partial charge in [-0.2, -0.15) is 0 Å². The molecule has 0 heterocycles. The van der Waals surface area contributed by atoms with E-state index in [1.54, 1.807) is 95.7 Å². The molecule has 4 aromatic carbocycles. The van der Waals surface area contributed by atoms with Gasteiger partial charge < -0.3 is 37.9 Å². The highest BCUT2D eigenvalue weighted by atomic mass is 16.7. The van der Waals surface area contributed by atoms with Gasteiger partial charge in [-0.15, -0.1) is 0 Å². The molecule has 62 heavy (non-hydrogen) atoms. The topological polar surface area (TPSA) is 176 Å². The van der Waals surface area contributed by atoms with Gasteiger partial charge in [0.2, 0.25) is 5.78 Å². The number of carbonyl (C=O) groups excluding carboxylic acids is 6. The molecular formula is C48H50O14. The van der Waals surface area contributed by atoms with Gasteiger partial charge in [-0.1, -0.05) is 38.4 Å². The van der Waals surface area contributed by atoms with Crippen LogP contribution in [0.25, 0.3) is 0 Å². The minimum absolute atomic E-state index is 0.260. The van der Waals surface area contributed by atoms with Crippen molar-refractivity contribution in [1.29, 1.82) is 0 Å². The van der Waals surface area contributed by atoms with Crippen molar-refractivity contribution in [2.75, 3.05) is 28.4 Å². The van der Waals surface area contributed by atoms with Crippen LogP contribution >= 0.6 is 0 Å². The van der Waals surface area contributed by atoms with Crippen LogP contribution in [0.5, 0.6) is 23.0 Å². The number of esters is 4. The smallest absolute Gasteiger partial charge is 0.338 e. The minimum atomic E-state index is -1.73. The first-order valence-electron chi connectivity index (χ1n) is 18.4. The lowest BCUT2D eigenvalue weighted by molar-refractivity contribution is -0.176. The quantitative estimate of drug-likeness (QED) is 0.0247. The molecule has 0 N–H and O–H groups in total. The Morgan fingerprint density at radius 1 is 0.484 bits per heavy atom. The third-order valence-electron chi connectivity index (χ3n) is 8.06. The zero-order chi connectivity index (χ0) is 46.6. The molecule has 0 bridgehead atoms. The molecule has 0 aliphatic carbocycles. The highest BCUT2D eigenvalue weighted by Crippen LogP contribution is 2.32. The molecule has 0 spiro atoms. The fraction of sp³-hybridized carbons (Fsp3) is 0.208. The standard InChI is InChI=1S/C24H24O7.C13H16O4.C11H10O3/c1-15(2)22(26)30-19-11-7-17(8-12-19)21(25)24(28-5,29-6)18-9-13-20(14-10-18)31-23(27)16(3)4;1-9(2)12(14)17-11-7-5-10(6-8-11)13(15-3)16-4;1-8(2)11(13)14-10-5-3-9(7-12)4-6-10/h7-14H,1,3H2,2,4-6H3;5-8,13H,1H2,2-4H3;3-7H,1H2,2H3. The summed E-state index contributed by atoms with van der Waals surface area (Å²) in [5, 5.41) is 0. The van der Waals surface area contributed by atoms with Crippen LogP contribution in [0.4, 0.5) is 0 Å². The van der Waals surface area contributed by atoms with E-state index in [2.05, 4.69) is 26.3 Å². The number of rotatable bonds is 17. The number of ketones is 1. The molecular weight excluding hydrogens is 801 g/mol. The fourth-order valence-electron chi connectivity index (χ4n) is 4.69. The summed E-state index contributed by atoms with van der Waals surface area (Å²) >= 11 is 0. The lowest BCUT2D eigenvalue weighted by Gasteiger charge is -2.29. The lowest BCUT2D eigenvalue weighted by Crippen LogP contribution is -2.40. The van der Waals surface area contributed by atoms with E-state index in [-0.39, 0.29) is 28.2 Å². The molecule has 0 unspecified atom stereocenters. The van der Waals surface area contributed by atoms with Crippen molar-refractivity contribution in [1.82, 2.24) is 0 Å². The van der Waals surface area contributed by atoms with Crippen LogP contribution in [0.3, 0.4) is 0 Å². The molecule has 0 amide bonds. The second-order valence-electron chi connectivity index (χ2n) is 13.1. The number of aldehydes is 1. The average Bonchev–Trinajstić information content (AvgIpc) is 3.26. The minimum Gasteiger partial charge on any atom is -0.423 e. The number of methoxy groups -OCH3 is 4. The van der Waals surface area contributed by atoms with Gasteiger partial charge in [0.1, 0.15) is 29.3 Å². The molecule has 0 aliphatic rings. The average molecular weight is 851 g/mol. The van der Waals surface area contributed by atoms with Crippen molar-refractivity contribution in [2.24, 2.45) is 0 Å². The van der Waals surface area contributed by atoms with Crippen molar-refractivity contribution in [3.8, 4) is 23.0 Å². The van der Waals surface area contributed by atoms with Gasteiger partial charge in [-0.05, 0) is 113 Å². The van der Waals surface area contributed by atoms with Gasteiger partial charge in [0.25, 0.3) is 5.79 Å². The Morgan fingerprint density at radius 2 is 0.790 bits per heavy atom. The maximum Gasteiger partial charge on any atom is 0.338 e. The predicted octanol–water partition coefficient (Wildman–Crippen LogP) is 8.42. The summed E-state index contributed by atoms with van der Waals surface area (Å²) in [7, 11) is 5.81. The summed E-state index contributed by atoms with van der Waals surface area (Å²) in [6, 6.07) is 25.3. The second-order valence-corrected chi connectivity index (χ2v) is 13.1. The second kappa shape index (κ2) is 24.9. The van der Waals surface area contributed by atoms with E-state index in [4.69, 9.17) is 37.9 Å². The van der Waals surface area contributed by atoms with Crippen LogP contribution in [0, 0.1) is 0 Å². The zero-order valence-corrected chi connectivity index (χ0v) is 35.9.